The van der Waals surface area contributed by atoms with Gasteiger partial charge < -0.3 is 9.84 Å². The molecule has 1 N–H and O–H groups in total. The zero-order valence-electron chi connectivity index (χ0n) is 14.9. The molecule has 0 saturated heterocycles. The largest absolute Gasteiger partial charge is 0.456 e. The Bertz CT molecular complexity index is 486. The fourth-order valence-corrected chi connectivity index (χ4v) is 2.77. The molecule has 1 aromatic carbocycles. The Balaban J connectivity index is 3.47. The average Bonchev–Trinajstić information content (AvgIpc) is 2.44. The molecule has 0 aliphatic carbocycles. The van der Waals surface area contributed by atoms with E-state index >= 15 is 0 Å². The minimum atomic E-state index is -0.581. The van der Waals surface area contributed by atoms with Gasteiger partial charge in [0.15, 0.2) is 0 Å². The molecule has 0 spiro atoms. The number of rotatable bonds is 6. The van der Waals surface area contributed by atoms with Crippen LogP contribution in [0.3, 0.4) is 0 Å². The summed E-state index contributed by atoms with van der Waals surface area (Å²) in [6.07, 6.45) is -0.351. The Kier molecular flexibility index (Phi) is 6.61. The van der Waals surface area contributed by atoms with Crippen LogP contribution in [0, 0.1) is 0 Å². The Hall–Kier alpha value is -1.35. The first-order valence-electron chi connectivity index (χ1n) is 8.16. The van der Waals surface area contributed by atoms with Crippen molar-refractivity contribution in [3.05, 3.63) is 34.4 Å². The fourth-order valence-electron chi connectivity index (χ4n) is 2.77. The Morgan fingerprint density at radius 1 is 0.955 bits per heavy atom. The highest BCUT2D eigenvalue weighted by atomic mass is 16.6. The van der Waals surface area contributed by atoms with Crippen molar-refractivity contribution in [3.8, 4) is 0 Å². The Morgan fingerprint density at radius 3 is 1.73 bits per heavy atom. The summed E-state index contributed by atoms with van der Waals surface area (Å²) >= 11 is 0. The van der Waals surface area contributed by atoms with E-state index in [2.05, 4.69) is 53.7 Å². The quantitative estimate of drug-likeness (QED) is 0.778. The summed E-state index contributed by atoms with van der Waals surface area (Å²) < 4.78 is 5.38. The minimum absolute atomic E-state index is 0.349. The normalized spacial score (nSPS) is 13.0. The molecule has 22 heavy (non-hydrogen) atoms. The van der Waals surface area contributed by atoms with Gasteiger partial charge in [0.05, 0.1) is 0 Å². The first-order valence-corrected chi connectivity index (χ1v) is 8.16. The number of aliphatic hydroxyl groups is 1. The van der Waals surface area contributed by atoms with Gasteiger partial charge in [-0.3, -0.25) is 0 Å². The van der Waals surface area contributed by atoms with Crippen LogP contribution in [-0.4, -0.2) is 17.7 Å². The molecule has 0 aromatic heterocycles. The second kappa shape index (κ2) is 7.77. The van der Waals surface area contributed by atoms with Crippen LogP contribution in [0.4, 0.5) is 0 Å². The topological polar surface area (TPSA) is 46.5 Å². The zero-order valence-corrected chi connectivity index (χ0v) is 14.9. The highest BCUT2D eigenvalue weighted by Crippen LogP contribution is 2.36. The van der Waals surface area contributed by atoms with Gasteiger partial charge in [-0.15, -0.1) is 0 Å². The second-order valence-electron chi connectivity index (χ2n) is 6.87. The molecular formula is C19H30O3. The van der Waals surface area contributed by atoms with Gasteiger partial charge in [-0.25, -0.2) is 4.79 Å². The number of esters is 1. The van der Waals surface area contributed by atoms with E-state index in [4.69, 9.17) is 9.84 Å². The summed E-state index contributed by atoms with van der Waals surface area (Å²) in [4.78, 5) is 11.5. The van der Waals surface area contributed by atoms with Crippen molar-refractivity contribution in [2.75, 3.05) is 6.61 Å². The van der Waals surface area contributed by atoms with Gasteiger partial charge in [-0.2, -0.15) is 0 Å². The highest BCUT2D eigenvalue weighted by Gasteiger charge is 2.23. The maximum atomic E-state index is 11.5. The van der Waals surface area contributed by atoms with Crippen molar-refractivity contribution >= 4 is 5.97 Å². The van der Waals surface area contributed by atoms with Crippen LogP contribution in [0.25, 0.3) is 0 Å². The summed E-state index contributed by atoms with van der Waals surface area (Å²) in [6, 6.07) is 4.47. The van der Waals surface area contributed by atoms with Gasteiger partial charge >= 0.3 is 5.97 Å². The molecule has 0 aliphatic rings. The number of hydrogen-bond donors (Lipinski definition) is 1. The second-order valence-corrected chi connectivity index (χ2v) is 6.87. The predicted octanol–water partition coefficient (Wildman–Crippen LogP) is 4.65. The van der Waals surface area contributed by atoms with E-state index in [0.717, 1.165) is 5.56 Å². The monoisotopic (exact) mass is 306 g/mol. The number of aliphatic hydroxyl groups excluding tert-OH is 1. The number of ether oxygens (including phenoxy) is 1. The zero-order chi connectivity index (χ0) is 17.0. The van der Waals surface area contributed by atoms with Crippen molar-refractivity contribution in [1.29, 1.82) is 0 Å². The highest BCUT2D eigenvalue weighted by molar-refractivity contribution is 5.70. The lowest BCUT2D eigenvalue weighted by atomic mass is 9.82. The summed E-state index contributed by atoms with van der Waals surface area (Å²) in [5.41, 5.74) is 4.87. The van der Waals surface area contributed by atoms with Gasteiger partial charge in [0.1, 0.15) is 12.7 Å². The molecule has 1 rings (SSSR count). The molecule has 0 heterocycles. The standard InChI is InChI=1S/C19H30O3/c1-11(2)15-8-16(12(3)4)19(17(9-15)13(5)6)14(7)22-18(21)10-20/h8-9,11-14,20H,10H2,1-7H3/t14-/m1/s1. The first-order chi connectivity index (χ1) is 10.2. The van der Waals surface area contributed by atoms with Crippen molar-refractivity contribution in [2.24, 2.45) is 0 Å². The summed E-state index contributed by atoms with van der Waals surface area (Å²) in [5.74, 6) is 0.576. The van der Waals surface area contributed by atoms with E-state index in [1.54, 1.807) is 0 Å². The Morgan fingerprint density at radius 2 is 1.41 bits per heavy atom. The lowest BCUT2D eigenvalue weighted by molar-refractivity contribution is -0.151. The molecule has 0 fully saturated rings. The number of carbonyl (C=O) groups excluding carboxylic acids is 1. The van der Waals surface area contributed by atoms with E-state index < -0.39 is 12.6 Å². The van der Waals surface area contributed by atoms with E-state index in [0.29, 0.717) is 17.8 Å². The van der Waals surface area contributed by atoms with E-state index in [9.17, 15) is 4.79 Å². The van der Waals surface area contributed by atoms with Crippen LogP contribution in [0.1, 0.15) is 94.6 Å². The van der Waals surface area contributed by atoms with Crippen molar-refractivity contribution < 1.29 is 14.6 Å². The SMILES string of the molecule is CC(C)c1cc(C(C)C)c([C@@H](C)OC(=O)CO)c(C(C)C)c1. The van der Waals surface area contributed by atoms with Gasteiger partial charge in [-0.1, -0.05) is 53.7 Å². The van der Waals surface area contributed by atoms with E-state index in [-0.39, 0.29) is 6.10 Å². The van der Waals surface area contributed by atoms with Crippen LogP contribution >= 0.6 is 0 Å². The van der Waals surface area contributed by atoms with Gasteiger partial charge in [0, 0.05) is 0 Å². The lowest BCUT2D eigenvalue weighted by Crippen LogP contribution is -2.16. The third-order valence-electron chi connectivity index (χ3n) is 4.02. The Labute approximate surface area is 134 Å². The molecule has 0 bridgehead atoms. The molecule has 0 radical (unpaired) electrons. The van der Waals surface area contributed by atoms with Crippen LogP contribution in [0.5, 0.6) is 0 Å². The van der Waals surface area contributed by atoms with Crippen molar-refractivity contribution in [3.63, 3.8) is 0 Å². The fraction of sp³-hybridized carbons (Fsp3) is 0.632. The molecule has 0 unspecified atom stereocenters. The third kappa shape index (κ3) is 4.33. The predicted molar refractivity (Wildman–Crippen MR) is 90.3 cm³/mol. The van der Waals surface area contributed by atoms with Crippen molar-refractivity contribution in [2.45, 2.75) is 72.3 Å². The summed E-state index contributed by atoms with van der Waals surface area (Å²) in [5, 5.41) is 8.93. The molecule has 124 valence electrons. The summed E-state index contributed by atoms with van der Waals surface area (Å²) in [7, 11) is 0. The van der Waals surface area contributed by atoms with Crippen LogP contribution in [0.15, 0.2) is 12.1 Å². The number of hydrogen-bond acceptors (Lipinski definition) is 3. The summed E-state index contributed by atoms with van der Waals surface area (Å²) in [6.45, 7) is 14.3. The lowest BCUT2D eigenvalue weighted by Gasteiger charge is -2.26. The molecule has 3 heteroatoms. The van der Waals surface area contributed by atoms with Crippen LogP contribution < -0.4 is 0 Å². The average molecular weight is 306 g/mol. The maximum Gasteiger partial charge on any atom is 0.332 e. The van der Waals surface area contributed by atoms with Crippen molar-refractivity contribution in [1.82, 2.24) is 0 Å². The first kappa shape index (κ1) is 18.7. The molecule has 0 amide bonds. The van der Waals surface area contributed by atoms with Gasteiger partial charge in [0.25, 0.3) is 0 Å². The maximum absolute atomic E-state index is 11.5. The smallest absolute Gasteiger partial charge is 0.332 e. The minimum Gasteiger partial charge on any atom is -0.456 e. The van der Waals surface area contributed by atoms with Gasteiger partial charge in [0.2, 0.25) is 0 Å². The van der Waals surface area contributed by atoms with E-state index in [1.165, 1.54) is 16.7 Å². The molecule has 1 aromatic rings. The van der Waals surface area contributed by atoms with Crippen LogP contribution in [0.2, 0.25) is 0 Å². The van der Waals surface area contributed by atoms with Crippen LogP contribution in [-0.2, 0) is 9.53 Å². The number of carbonyl (C=O) groups is 1. The molecule has 0 aliphatic heterocycles. The molecule has 3 nitrogen and oxygen atoms in total. The van der Waals surface area contributed by atoms with Gasteiger partial charge in [-0.05, 0) is 46.9 Å². The number of benzene rings is 1. The molecule has 0 saturated carbocycles. The molecular weight excluding hydrogens is 276 g/mol. The van der Waals surface area contributed by atoms with E-state index in [1.807, 2.05) is 6.92 Å². The molecule has 1 atom stereocenters. The third-order valence-corrected chi connectivity index (χ3v) is 4.02.